The Kier molecular flexibility index (Phi) is 15.8. The highest BCUT2D eigenvalue weighted by Crippen LogP contribution is 2.12. The summed E-state index contributed by atoms with van der Waals surface area (Å²) in [4.78, 5) is 0. The Morgan fingerprint density at radius 3 is 1.89 bits per heavy atom. The van der Waals surface area contributed by atoms with Crippen LogP contribution in [0.2, 0.25) is 0 Å². The SMILES string of the molecule is CC(C)CCCCCCCCCCOCCCN[O-]. The number of rotatable bonds is 15. The highest BCUT2D eigenvalue weighted by Gasteiger charge is 1.95. The first-order chi connectivity index (χ1) is 9.27. The van der Waals surface area contributed by atoms with Crippen molar-refractivity contribution in [3.8, 4) is 0 Å². The molecule has 0 fully saturated rings. The smallest absolute Gasteiger partial charge is 0.0477 e. The molecule has 0 rings (SSSR count). The molecule has 0 saturated heterocycles. The van der Waals surface area contributed by atoms with Gasteiger partial charge in [-0.2, -0.15) is 0 Å². The van der Waals surface area contributed by atoms with Gasteiger partial charge in [0.25, 0.3) is 0 Å². The lowest BCUT2D eigenvalue weighted by molar-refractivity contribution is 0.128. The second-order valence-electron chi connectivity index (χ2n) is 5.87. The molecule has 0 heterocycles. The van der Waals surface area contributed by atoms with Gasteiger partial charge in [0.1, 0.15) is 0 Å². The zero-order chi connectivity index (χ0) is 14.2. The molecule has 19 heavy (non-hydrogen) atoms. The first-order valence-electron chi connectivity index (χ1n) is 8.20. The van der Waals surface area contributed by atoms with Crippen LogP contribution in [-0.4, -0.2) is 19.8 Å². The van der Waals surface area contributed by atoms with E-state index in [1.165, 1.54) is 51.4 Å². The molecule has 0 aromatic carbocycles. The van der Waals surface area contributed by atoms with Gasteiger partial charge in [-0.05, 0) is 25.3 Å². The predicted molar refractivity (Wildman–Crippen MR) is 83.2 cm³/mol. The van der Waals surface area contributed by atoms with Gasteiger partial charge in [-0.1, -0.05) is 65.2 Å². The number of hydroxylamine groups is 1. The number of hydrogen-bond donors (Lipinski definition) is 1. The fourth-order valence-corrected chi connectivity index (χ4v) is 2.17. The van der Waals surface area contributed by atoms with Gasteiger partial charge in [-0.25, -0.2) is 0 Å². The van der Waals surface area contributed by atoms with Crippen molar-refractivity contribution in [2.45, 2.75) is 78.1 Å². The van der Waals surface area contributed by atoms with Crippen molar-refractivity contribution >= 4 is 0 Å². The molecule has 0 aromatic heterocycles. The molecule has 1 N–H and O–H groups in total. The highest BCUT2D eigenvalue weighted by atomic mass is 16.5. The van der Waals surface area contributed by atoms with Crippen molar-refractivity contribution in [1.29, 1.82) is 0 Å². The van der Waals surface area contributed by atoms with Crippen molar-refractivity contribution in [3.05, 3.63) is 5.21 Å². The second kappa shape index (κ2) is 15.9. The van der Waals surface area contributed by atoms with Crippen LogP contribution in [0.25, 0.3) is 0 Å². The van der Waals surface area contributed by atoms with Gasteiger partial charge in [-0.15, -0.1) is 0 Å². The van der Waals surface area contributed by atoms with Crippen molar-refractivity contribution in [3.63, 3.8) is 0 Å². The molecule has 0 unspecified atom stereocenters. The Balaban J connectivity index is 2.91. The number of ether oxygens (including phenoxy) is 1. The number of nitrogens with one attached hydrogen (secondary N) is 1. The number of hydrogen-bond acceptors (Lipinski definition) is 3. The summed E-state index contributed by atoms with van der Waals surface area (Å²) < 4.78 is 5.44. The van der Waals surface area contributed by atoms with Crippen LogP contribution in [-0.2, 0) is 4.74 Å². The summed E-state index contributed by atoms with van der Waals surface area (Å²) in [5.74, 6) is 0.865. The van der Waals surface area contributed by atoms with Crippen LogP contribution in [0.5, 0.6) is 0 Å². The highest BCUT2D eigenvalue weighted by molar-refractivity contribution is 4.50. The van der Waals surface area contributed by atoms with Gasteiger partial charge in [0, 0.05) is 13.2 Å². The summed E-state index contributed by atoms with van der Waals surface area (Å²) in [6.45, 7) is 6.69. The van der Waals surface area contributed by atoms with Crippen molar-refractivity contribution in [2.24, 2.45) is 5.92 Å². The first kappa shape index (κ1) is 18.9. The average Bonchev–Trinajstić information content (AvgIpc) is 2.39. The molecule has 3 nitrogen and oxygen atoms in total. The largest absolute Gasteiger partial charge is 0.788 e. The van der Waals surface area contributed by atoms with E-state index in [0.29, 0.717) is 13.2 Å². The summed E-state index contributed by atoms with van der Waals surface area (Å²) in [5, 5.41) is 9.96. The maximum Gasteiger partial charge on any atom is 0.0477 e. The van der Waals surface area contributed by atoms with Crippen LogP contribution in [0, 0.1) is 11.1 Å². The van der Waals surface area contributed by atoms with Gasteiger partial charge in [0.15, 0.2) is 0 Å². The van der Waals surface area contributed by atoms with E-state index >= 15 is 0 Å². The maximum atomic E-state index is 9.96. The van der Waals surface area contributed by atoms with Gasteiger partial charge < -0.3 is 15.4 Å². The molecule has 0 aliphatic carbocycles. The fourth-order valence-electron chi connectivity index (χ4n) is 2.17. The minimum absolute atomic E-state index is 0.511. The van der Waals surface area contributed by atoms with Crippen molar-refractivity contribution < 1.29 is 4.74 Å². The molecular formula is C16H34NO2-. The van der Waals surface area contributed by atoms with E-state index < -0.39 is 0 Å². The van der Waals surface area contributed by atoms with Crippen LogP contribution in [0.4, 0.5) is 0 Å². The molecule has 3 heteroatoms. The first-order valence-corrected chi connectivity index (χ1v) is 8.20. The quantitative estimate of drug-likeness (QED) is 0.349. The number of unbranched alkanes of at least 4 members (excludes halogenated alkanes) is 7. The Bertz CT molecular complexity index is 163. The molecule has 116 valence electrons. The Morgan fingerprint density at radius 2 is 1.32 bits per heavy atom. The molecular weight excluding hydrogens is 238 g/mol. The van der Waals surface area contributed by atoms with E-state index in [1.807, 2.05) is 5.48 Å². The minimum Gasteiger partial charge on any atom is -0.788 e. The molecule has 0 bridgehead atoms. The third kappa shape index (κ3) is 17.9. The summed E-state index contributed by atoms with van der Waals surface area (Å²) in [7, 11) is 0. The van der Waals surface area contributed by atoms with Crippen LogP contribution in [0.3, 0.4) is 0 Å². The predicted octanol–water partition coefficient (Wildman–Crippen LogP) is 4.65. The molecule has 0 amide bonds. The van der Waals surface area contributed by atoms with E-state index in [2.05, 4.69) is 13.8 Å². The van der Waals surface area contributed by atoms with Gasteiger partial charge in [0.2, 0.25) is 0 Å². The Morgan fingerprint density at radius 1 is 0.789 bits per heavy atom. The standard InChI is InChI=1S/C16H34NO2/c1-16(2)12-9-7-5-3-4-6-8-10-14-19-15-11-13-17-18/h16-17H,3-15H2,1-2H3/q-1. The molecule has 0 saturated carbocycles. The van der Waals surface area contributed by atoms with E-state index in [9.17, 15) is 5.21 Å². The molecule has 0 aromatic rings. The zero-order valence-electron chi connectivity index (χ0n) is 13.1. The third-order valence-corrected chi connectivity index (χ3v) is 3.39. The summed E-state index contributed by atoms with van der Waals surface area (Å²) in [6, 6.07) is 0. The van der Waals surface area contributed by atoms with Crippen LogP contribution < -0.4 is 5.48 Å². The van der Waals surface area contributed by atoms with Gasteiger partial charge >= 0.3 is 0 Å². The average molecular weight is 272 g/mol. The fraction of sp³-hybridized carbons (Fsp3) is 1.00. The normalized spacial score (nSPS) is 11.4. The summed E-state index contributed by atoms with van der Waals surface area (Å²) >= 11 is 0. The van der Waals surface area contributed by atoms with Crippen molar-refractivity contribution in [1.82, 2.24) is 5.48 Å². The lowest BCUT2D eigenvalue weighted by atomic mass is 10.0. The van der Waals surface area contributed by atoms with E-state index in [1.54, 1.807) is 0 Å². The van der Waals surface area contributed by atoms with Gasteiger partial charge in [0.05, 0.1) is 0 Å². The molecule has 0 atom stereocenters. The summed E-state index contributed by atoms with van der Waals surface area (Å²) in [6.07, 6.45) is 13.0. The van der Waals surface area contributed by atoms with Crippen molar-refractivity contribution in [2.75, 3.05) is 19.8 Å². The topological polar surface area (TPSA) is 44.3 Å². The lowest BCUT2D eigenvalue weighted by Crippen LogP contribution is -2.08. The van der Waals surface area contributed by atoms with E-state index in [4.69, 9.17) is 4.74 Å². The molecule has 0 aliphatic rings. The van der Waals surface area contributed by atoms with Crippen LogP contribution in [0.1, 0.15) is 78.1 Å². The molecule has 0 radical (unpaired) electrons. The van der Waals surface area contributed by atoms with E-state index in [0.717, 1.165) is 25.4 Å². The maximum absolute atomic E-state index is 9.96. The van der Waals surface area contributed by atoms with Crippen LogP contribution in [0.15, 0.2) is 0 Å². The van der Waals surface area contributed by atoms with E-state index in [-0.39, 0.29) is 0 Å². The monoisotopic (exact) mass is 272 g/mol. The van der Waals surface area contributed by atoms with Gasteiger partial charge in [-0.3, -0.25) is 0 Å². The second-order valence-corrected chi connectivity index (χ2v) is 5.87. The minimum atomic E-state index is 0.511. The Hall–Kier alpha value is -0.120. The Labute approximate surface area is 120 Å². The molecule has 0 spiro atoms. The van der Waals surface area contributed by atoms with Crippen LogP contribution >= 0.6 is 0 Å². The summed E-state index contributed by atoms with van der Waals surface area (Å²) in [5.41, 5.74) is 1.88. The lowest BCUT2D eigenvalue weighted by Gasteiger charge is -2.07. The third-order valence-electron chi connectivity index (χ3n) is 3.39. The zero-order valence-corrected chi connectivity index (χ0v) is 13.1. The molecule has 0 aliphatic heterocycles.